The second-order valence-electron chi connectivity index (χ2n) is 15.4. The van der Waals surface area contributed by atoms with E-state index in [-0.39, 0.29) is 27.1 Å². The molecule has 0 bridgehead atoms. The number of carbonyl (C=O) groups is 1. The van der Waals surface area contributed by atoms with Gasteiger partial charge in [-0.1, -0.05) is 41.5 Å². The molecule has 194 valence electrons. The SMILES string of the molecule is CC1(C)[C@@H](O)C[C@H](O)[C@]2(C)[C@H]3CC[C@@H]4[C@@H]5C[C@@](C)(C(=O)O)CC[C@]5(C)CC[C@@]4(C)[C@]3(C)CC[C@@H]12. The lowest BCUT2D eigenvalue weighted by molar-refractivity contribution is -0.277. The first-order chi connectivity index (χ1) is 15.6. The van der Waals surface area contributed by atoms with Crippen molar-refractivity contribution in [1.29, 1.82) is 0 Å². The third kappa shape index (κ3) is 2.88. The molecule has 3 N–H and O–H groups in total. The van der Waals surface area contributed by atoms with Gasteiger partial charge in [0, 0.05) is 11.8 Å². The average molecular weight is 475 g/mol. The van der Waals surface area contributed by atoms with Crippen molar-refractivity contribution in [3.63, 3.8) is 0 Å². The van der Waals surface area contributed by atoms with E-state index in [4.69, 9.17) is 0 Å². The third-order valence-electron chi connectivity index (χ3n) is 14.1. The largest absolute Gasteiger partial charge is 0.481 e. The highest BCUT2D eigenvalue weighted by atomic mass is 16.4. The molecule has 0 heterocycles. The van der Waals surface area contributed by atoms with Crippen molar-refractivity contribution in [2.45, 2.75) is 125 Å². The summed E-state index contributed by atoms with van der Waals surface area (Å²) >= 11 is 0. The highest BCUT2D eigenvalue weighted by Crippen LogP contribution is 2.76. The Morgan fingerprint density at radius 3 is 2.00 bits per heavy atom. The molecule has 0 aromatic carbocycles. The Labute approximate surface area is 207 Å². The van der Waals surface area contributed by atoms with Crippen LogP contribution in [0.2, 0.25) is 0 Å². The van der Waals surface area contributed by atoms with E-state index in [0.717, 1.165) is 44.9 Å². The van der Waals surface area contributed by atoms with Gasteiger partial charge in [-0.15, -0.1) is 0 Å². The molecule has 0 saturated heterocycles. The molecule has 5 aliphatic carbocycles. The molecule has 0 unspecified atom stereocenters. The van der Waals surface area contributed by atoms with Gasteiger partial charge in [0.05, 0.1) is 17.6 Å². The smallest absolute Gasteiger partial charge is 0.309 e. The summed E-state index contributed by atoms with van der Waals surface area (Å²) in [5, 5.41) is 32.5. The molecule has 5 rings (SSSR count). The van der Waals surface area contributed by atoms with E-state index in [0.29, 0.717) is 30.1 Å². The molecular weight excluding hydrogens is 424 g/mol. The van der Waals surface area contributed by atoms with E-state index in [9.17, 15) is 20.1 Å². The summed E-state index contributed by atoms with van der Waals surface area (Å²) in [7, 11) is 0. The lowest BCUT2D eigenvalue weighted by Gasteiger charge is -2.74. The molecule has 4 nitrogen and oxygen atoms in total. The van der Waals surface area contributed by atoms with Crippen molar-refractivity contribution >= 4 is 5.97 Å². The summed E-state index contributed by atoms with van der Waals surface area (Å²) in [5.41, 5.74) is -0.370. The predicted octanol–water partition coefficient (Wildman–Crippen LogP) is 6.28. The fourth-order valence-electron chi connectivity index (χ4n) is 11.3. The van der Waals surface area contributed by atoms with Crippen molar-refractivity contribution in [2.24, 2.45) is 56.2 Å². The molecule has 0 aromatic heterocycles. The Morgan fingerprint density at radius 2 is 1.35 bits per heavy atom. The van der Waals surface area contributed by atoms with E-state index < -0.39 is 23.6 Å². The van der Waals surface area contributed by atoms with E-state index in [1.165, 1.54) is 12.8 Å². The standard InChI is InChI=1S/C30H50O4/c1-25(2)20-10-11-29(6)21(30(20,7)23(32)16-22(25)31)9-8-18-19-17-27(4,24(33)34)13-12-26(19,3)14-15-28(18,29)5/h18-23,31-32H,8-17H2,1-7H3,(H,33,34)/t18-,19+,20+,21+,22+,23+,26-,27+,28-,29-,30+/m1/s1. The second kappa shape index (κ2) is 7.24. The van der Waals surface area contributed by atoms with Crippen LogP contribution in [0.4, 0.5) is 0 Å². The Hall–Kier alpha value is -0.610. The Morgan fingerprint density at radius 1 is 0.706 bits per heavy atom. The zero-order chi connectivity index (χ0) is 25.1. The molecule has 0 spiro atoms. The van der Waals surface area contributed by atoms with Crippen LogP contribution in [-0.2, 0) is 4.79 Å². The molecule has 0 aliphatic heterocycles. The number of carboxylic acid groups (broad SMARTS) is 1. The van der Waals surface area contributed by atoms with Crippen LogP contribution in [0.1, 0.15) is 113 Å². The number of rotatable bonds is 1. The summed E-state index contributed by atoms with van der Waals surface area (Å²) in [4.78, 5) is 12.3. The van der Waals surface area contributed by atoms with Gasteiger partial charge in [0.1, 0.15) is 0 Å². The zero-order valence-electron chi connectivity index (χ0n) is 22.8. The van der Waals surface area contributed by atoms with E-state index in [1.54, 1.807) is 0 Å². The summed E-state index contributed by atoms with van der Waals surface area (Å²) in [5.74, 6) is 1.20. The zero-order valence-corrected chi connectivity index (χ0v) is 22.8. The molecule has 11 atom stereocenters. The highest BCUT2D eigenvalue weighted by molar-refractivity contribution is 5.74. The minimum Gasteiger partial charge on any atom is -0.481 e. The second-order valence-corrected chi connectivity index (χ2v) is 15.4. The van der Waals surface area contributed by atoms with Crippen LogP contribution < -0.4 is 0 Å². The van der Waals surface area contributed by atoms with Crippen LogP contribution in [0.15, 0.2) is 0 Å². The molecular formula is C30H50O4. The van der Waals surface area contributed by atoms with Crippen LogP contribution in [0.25, 0.3) is 0 Å². The minimum atomic E-state index is -0.610. The van der Waals surface area contributed by atoms with Crippen molar-refractivity contribution < 1.29 is 20.1 Å². The number of hydrogen-bond donors (Lipinski definition) is 3. The van der Waals surface area contributed by atoms with Crippen molar-refractivity contribution in [2.75, 3.05) is 0 Å². The molecule has 5 aliphatic rings. The van der Waals surface area contributed by atoms with E-state index >= 15 is 0 Å². The third-order valence-corrected chi connectivity index (χ3v) is 14.1. The number of aliphatic carboxylic acids is 1. The van der Waals surface area contributed by atoms with Crippen molar-refractivity contribution in [1.82, 2.24) is 0 Å². The van der Waals surface area contributed by atoms with Crippen LogP contribution in [0, 0.1) is 56.2 Å². The first kappa shape index (κ1) is 25.1. The van der Waals surface area contributed by atoms with E-state index in [2.05, 4.69) is 41.5 Å². The quantitative estimate of drug-likeness (QED) is 0.418. The summed E-state index contributed by atoms with van der Waals surface area (Å²) in [6.45, 7) is 16.3. The van der Waals surface area contributed by atoms with Gasteiger partial charge in [-0.2, -0.15) is 0 Å². The lowest BCUT2D eigenvalue weighted by Crippen LogP contribution is -2.69. The van der Waals surface area contributed by atoms with Gasteiger partial charge >= 0.3 is 5.97 Å². The number of aliphatic hydroxyl groups excluding tert-OH is 2. The maximum absolute atomic E-state index is 12.3. The van der Waals surface area contributed by atoms with Crippen molar-refractivity contribution in [3.05, 3.63) is 0 Å². The van der Waals surface area contributed by atoms with Gasteiger partial charge in [-0.3, -0.25) is 4.79 Å². The Kier molecular flexibility index (Phi) is 5.34. The number of hydrogen-bond acceptors (Lipinski definition) is 3. The van der Waals surface area contributed by atoms with E-state index in [1.807, 2.05) is 6.92 Å². The molecule has 5 saturated carbocycles. The topological polar surface area (TPSA) is 77.8 Å². The van der Waals surface area contributed by atoms with Gasteiger partial charge in [-0.05, 0) is 110 Å². The monoisotopic (exact) mass is 474 g/mol. The highest BCUT2D eigenvalue weighted by Gasteiger charge is 2.71. The van der Waals surface area contributed by atoms with Gasteiger partial charge in [0.2, 0.25) is 0 Å². The molecule has 34 heavy (non-hydrogen) atoms. The predicted molar refractivity (Wildman–Crippen MR) is 134 cm³/mol. The minimum absolute atomic E-state index is 0.138. The van der Waals surface area contributed by atoms with Crippen LogP contribution in [0.5, 0.6) is 0 Å². The Bertz CT molecular complexity index is 868. The van der Waals surface area contributed by atoms with Gasteiger partial charge in [-0.25, -0.2) is 0 Å². The molecule has 0 aromatic rings. The summed E-state index contributed by atoms with van der Waals surface area (Å²) in [6, 6.07) is 0. The van der Waals surface area contributed by atoms with Crippen molar-refractivity contribution in [3.8, 4) is 0 Å². The molecule has 4 heteroatoms. The lowest BCUT2D eigenvalue weighted by atomic mass is 9.31. The van der Waals surface area contributed by atoms with Gasteiger partial charge in [0.15, 0.2) is 0 Å². The summed E-state index contributed by atoms with van der Waals surface area (Å²) in [6.07, 6.45) is 9.21. The molecule has 0 radical (unpaired) electrons. The fraction of sp³-hybridized carbons (Fsp3) is 0.967. The number of fused-ring (bicyclic) bond motifs is 7. The average Bonchev–Trinajstić information content (AvgIpc) is 2.74. The normalized spacial score (nSPS) is 58.6. The van der Waals surface area contributed by atoms with Crippen LogP contribution in [-0.4, -0.2) is 33.5 Å². The fourth-order valence-corrected chi connectivity index (χ4v) is 11.3. The van der Waals surface area contributed by atoms with Crippen LogP contribution >= 0.6 is 0 Å². The van der Waals surface area contributed by atoms with Crippen LogP contribution in [0.3, 0.4) is 0 Å². The van der Waals surface area contributed by atoms with Gasteiger partial charge in [0.25, 0.3) is 0 Å². The first-order valence-corrected chi connectivity index (χ1v) is 14.2. The number of carboxylic acids is 1. The Balaban J connectivity index is 1.54. The maximum atomic E-state index is 12.3. The van der Waals surface area contributed by atoms with Gasteiger partial charge < -0.3 is 15.3 Å². The molecule has 5 fully saturated rings. The first-order valence-electron chi connectivity index (χ1n) is 14.2. The molecule has 0 amide bonds. The maximum Gasteiger partial charge on any atom is 0.309 e. The summed E-state index contributed by atoms with van der Waals surface area (Å²) < 4.78 is 0. The number of aliphatic hydroxyl groups is 2.